The van der Waals surface area contributed by atoms with Gasteiger partial charge in [0.15, 0.2) is 0 Å². The molecule has 0 bridgehead atoms. The lowest BCUT2D eigenvalue weighted by molar-refractivity contribution is -0.116. The van der Waals surface area contributed by atoms with Gasteiger partial charge in [0.25, 0.3) is 0 Å². The monoisotopic (exact) mass is 560 g/mol. The number of aliphatic hydroxyl groups excluding tert-OH is 3. The first-order valence-corrected chi connectivity index (χ1v) is 17.8. The van der Waals surface area contributed by atoms with Gasteiger partial charge in [0.1, 0.15) is 11.9 Å². The number of hydrogen-bond donors (Lipinski definition) is 3. The van der Waals surface area contributed by atoms with Crippen LogP contribution in [-0.4, -0.2) is 44.9 Å². The highest BCUT2D eigenvalue weighted by atomic mass is 31.2. The molecule has 6 nitrogen and oxygen atoms in total. The van der Waals surface area contributed by atoms with E-state index in [0.717, 1.165) is 38.5 Å². The molecule has 0 saturated heterocycles. The van der Waals surface area contributed by atoms with Crippen LogP contribution in [0.25, 0.3) is 0 Å². The number of hydrogen-bond acceptors (Lipinski definition) is 6. The first kappa shape index (κ1) is 37.5. The molecule has 0 radical (unpaired) electrons. The molecule has 0 aliphatic heterocycles. The number of carbonyl (C=O) groups is 2. The summed E-state index contributed by atoms with van der Waals surface area (Å²) >= 11 is 0. The second-order valence-corrected chi connectivity index (χ2v) is 14.0. The molecule has 38 heavy (non-hydrogen) atoms. The Labute approximate surface area is 234 Å². The summed E-state index contributed by atoms with van der Waals surface area (Å²) in [5, 5.41) is 29.6. The maximum absolute atomic E-state index is 13.5. The van der Waals surface area contributed by atoms with E-state index in [1.54, 1.807) is 0 Å². The summed E-state index contributed by atoms with van der Waals surface area (Å²) in [5.74, 6) is -2.02. The fourth-order valence-corrected chi connectivity index (χ4v) is 7.41. The molecule has 0 aromatic rings. The van der Waals surface area contributed by atoms with Crippen LogP contribution in [0.5, 0.6) is 0 Å². The Kier molecular flexibility index (Phi) is 25.1. The molecular weight excluding hydrogens is 499 g/mol. The van der Waals surface area contributed by atoms with E-state index in [0.29, 0.717) is 12.8 Å². The third-order valence-corrected chi connectivity index (χ3v) is 10.7. The standard InChI is InChI=1S/C31H61O6P/c1-3-5-7-9-11-13-15-17-19-21-23-25-29(34)38(37,31(36)28(33)27-32)30(35)26-24-22-20-18-16-14-12-10-8-6-4-2/h28,31-33,36H,3-27H2,1-2H3. The Morgan fingerprint density at radius 2 is 0.789 bits per heavy atom. The van der Waals surface area contributed by atoms with Gasteiger partial charge in [-0.3, -0.25) is 9.59 Å². The van der Waals surface area contributed by atoms with Crippen molar-refractivity contribution in [1.29, 1.82) is 0 Å². The van der Waals surface area contributed by atoms with Crippen molar-refractivity contribution in [1.82, 2.24) is 0 Å². The van der Waals surface area contributed by atoms with Crippen LogP contribution in [0.4, 0.5) is 0 Å². The molecule has 0 rings (SSSR count). The predicted octanol–water partition coefficient (Wildman–Crippen LogP) is 8.48. The van der Waals surface area contributed by atoms with Gasteiger partial charge in [-0.1, -0.05) is 142 Å². The summed E-state index contributed by atoms with van der Waals surface area (Å²) in [5.41, 5.74) is -1.50. The molecule has 0 amide bonds. The highest BCUT2D eigenvalue weighted by Gasteiger charge is 2.47. The average Bonchev–Trinajstić information content (AvgIpc) is 2.92. The van der Waals surface area contributed by atoms with Crippen LogP contribution in [0, 0.1) is 0 Å². The molecular formula is C31H61O6P. The van der Waals surface area contributed by atoms with Crippen LogP contribution < -0.4 is 0 Å². The molecule has 226 valence electrons. The first-order valence-electron chi connectivity index (χ1n) is 16.0. The van der Waals surface area contributed by atoms with Gasteiger partial charge in [-0.25, -0.2) is 0 Å². The van der Waals surface area contributed by atoms with Crippen molar-refractivity contribution in [2.45, 2.75) is 180 Å². The second-order valence-electron chi connectivity index (χ2n) is 11.2. The molecule has 7 heteroatoms. The van der Waals surface area contributed by atoms with E-state index in [2.05, 4.69) is 13.8 Å². The summed E-state index contributed by atoms with van der Waals surface area (Å²) in [4.78, 5) is 25.8. The quantitative estimate of drug-likeness (QED) is 0.0625. The third-order valence-electron chi connectivity index (χ3n) is 7.63. The highest BCUT2D eigenvalue weighted by Crippen LogP contribution is 2.55. The van der Waals surface area contributed by atoms with Crippen LogP contribution in [-0.2, 0) is 14.2 Å². The van der Waals surface area contributed by atoms with Crippen molar-refractivity contribution in [3.8, 4) is 0 Å². The molecule has 0 aliphatic carbocycles. The van der Waals surface area contributed by atoms with Gasteiger partial charge in [-0.15, -0.1) is 0 Å². The van der Waals surface area contributed by atoms with Gasteiger partial charge >= 0.3 is 0 Å². The van der Waals surface area contributed by atoms with E-state index < -0.39 is 36.7 Å². The summed E-state index contributed by atoms with van der Waals surface area (Å²) in [6, 6.07) is 0. The minimum absolute atomic E-state index is 0.0342. The van der Waals surface area contributed by atoms with Gasteiger partial charge in [0.2, 0.25) is 18.2 Å². The summed E-state index contributed by atoms with van der Waals surface area (Å²) in [7, 11) is -4.36. The zero-order valence-corrected chi connectivity index (χ0v) is 25.7. The fourth-order valence-electron chi connectivity index (χ4n) is 4.98. The maximum atomic E-state index is 13.5. The van der Waals surface area contributed by atoms with E-state index in [1.165, 1.54) is 89.9 Å². The van der Waals surface area contributed by atoms with Gasteiger partial charge in [0, 0.05) is 12.8 Å². The fraction of sp³-hybridized carbons (Fsp3) is 0.935. The molecule has 0 saturated carbocycles. The van der Waals surface area contributed by atoms with E-state index in [9.17, 15) is 29.5 Å². The largest absolute Gasteiger partial charge is 0.394 e. The lowest BCUT2D eigenvalue weighted by atomic mass is 10.1. The zero-order chi connectivity index (χ0) is 28.5. The third kappa shape index (κ3) is 17.2. The van der Waals surface area contributed by atoms with Crippen molar-refractivity contribution >= 4 is 18.2 Å². The molecule has 0 heterocycles. The van der Waals surface area contributed by atoms with E-state index in [1.807, 2.05) is 0 Å². The van der Waals surface area contributed by atoms with Gasteiger partial charge in [-0.2, -0.15) is 0 Å². The smallest absolute Gasteiger partial charge is 0.240 e. The molecule has 0 aromatic heterocycles. The number of aliphatic hydroxyl groups is 3. The highest BCUT2D eigenvalue weighted by molar-refractivity contribution is 7.94. The van der Waals surface area contributed by atoms with Crippen molar-refractivity contribution in [2.75, 3.05) is 6.61 Å². The van der Waals surface area contributed by atoms with Crippen LogP contribution in [0.3, 0.4) is 0 Å². The average molecular weight is 561 g/mol. The number of unbranched alkanes of at least 4 members (excludes halogenated alkanes) is 20. The Hall–Kier alpha value is -0.550. The van der Waals surface area contributed by atoms with Crippen LogP contribution in [0.1, 0.15) is 168 Å². The zero-order valence-electron chi connectivity index (χ0n) is 24.8. The van der Waals surface area contributed by atoms with E-state index in [-0.39, 0.29) is 12.8 Å². The maximum Gasteiger partial charge on any atom is 0.240 e. The van der Waals surface area contributed by atoms with Crippen molar-refractivity contribution < 1.29 is 29.5 Å². The van der Waals surface area contributed by atoms with Gasteiger partial charge in [0.05, 0.1) is 6.61 Å². The topological polar surface area (TPSA) is 112 Å². The lowest BCUT2D eigenvalue weighted by Gasteiger charge is -2.24. The van der Waals surface area contributed by atoms with Crippen molar-refractivity contribution in [3.63, 3.8) is 0 Å². The lowest BCUT2D eigenvalue weighted by Crippen LogP contribution is -2.34. The normalized spacial score (nSPS) is 13.5. The molecule has 0 aromatic carbocycles. The number of carbonyl (C=O) groups excluding carboxylic acids is 2. The number of rotatable bonds is 29. The second kappa shape index (κ2) is 25.4. The molecule has 2 atom stereocenters. The van der Waals surface area contributed by atoms with Crippen LogP contribution in [0.15, 0.2) is 0 Å². The summed E-state index contributed by atoms with van der Waals surface area (Å²) < 4.78 is 13.5. The Morgan fingerprint density at radius 3 is 1.05 bits per heavy atom. The predicted molar refractivity (Wildman–Crippen MR) is 159 cm³/mol. The van der Waals surface area contributed by atoms with Gasteiger partial charge in [-0.05, 0) is 12.8 Å². The molecule has 3 N–H and O–H groups in total. The summed E-state index contributed by atoms with van der Waals surface area (Å²) in [6.45, 7) is 3.59. The SMILES string of the molecule is CCCCCCCCCCCCCC(=O)P(=O)(C(=O)CCCCCCCCCCCCC)C(O)C(O)CO. The van der Waals surface area contributed by atoms with Gasteiger partial charge < -0.3 is 19.9 Å². The Balaban J connectivity index is 4.37. The summed E-state index contributed by atoms with van der Waals surface area (Å²) in [6.07, 6.45) is 22.7. The Morgan fingerprint density at radius 1 is 0.526 bits per heavy atom. The molecule has 2 unspecified atom stereocenters. The van der Waals surface area contributed by atoms with Crippen LogP contribution in [0.2, 0.25) is 0 Å². The van der Waals surface area contributed by atoms with Crippen LogP contribution >= 0.6 is 7.14 Å². The first-order chi connectivity index (χ1) is 18.4. The Bertz CT molecular complexity index is 581. The van der Waals surface area contributed by atoms with Crippen molar-refractivity contribution in [3.05, 3.63) is 0 Å². The molecule has 0 spiro atoms. The minimum atomic E-state index is -4.36. The molecule has 0 aliphatic rings. The molecule has 0 fully saturated rings. The van der Waals surface area contributed by atoms with Crippen molar-refractivity contribution in [2.24, 2.45) is 0 Å². The van der Waals surface area contributed by atoms with E-state index >= 15 is 0 Å². The van der Waals surface area contributed by atoms with E-state index in [4.69, 9.17) is 0 Å². The minimum Gasteiger partial charge on any atom is -0.394 e.